The van der Waals surface area contributed by atoms with Crippen molar-refractivity contribution in [2.45, 2.75) is 19.5 Å². The number of rotatable bonds is 4. The molecule has 90 valence electrons. The maximum atomic E-state index is 9.63. The summed E-state index contributed by atoms with van der Waals surface area (Å²) in [6, 6.07) is 8.68. The molecule has 0 fully saturated rings. The van der Waals surface area contributed by atoms with Crippen LogP contribution in [-0.4, -0.2) is 10.2 Å². The Balaban J connectivity index is 2.00. The summed E-state index contributed by atoms with van der Waals surface area (Å²) in [5, 5.41) is 22.2. The highest BCUT2D eigenvalue weighted by Gasteiger charge is 2.10. The largest absolute Gasteiger partial charge is 0.504 e. The zero-order valence-electron chi connectivity index (χ0n) is 9.55. The summed E-state index contributed by atoms with van der Waals surface area (Å²) in [7, 11) is 0. The first-order valence-corrected chi connectivity index (χ1v) is 5.45. The predicted molar refractivity (Wildman–Crippen MR) is 63.7 cm³/mol. The molecular weight excluding hydrogens is 218 g/mol. The van der Waals surface area contributed by atoms with E-state index in [4.69, 9.17) is 4.42 Å². The SMILES string of the molecule is CC(NCc1cccc(O)c1O)c1ccco1. The zero-order valence-corrected chi connectivity index (χ0v) is 9.55. The summed E-state index contributed by atoms with van der Waals surface area (Å²) in [5.74, 6) is 0.659. The van der Waals surface area contributed by atoms with E-state index >= 15 is 0 Å². The summed E-state index contributed by atoms with van der Waals surface area (Å²) in [6.45, 7) is 2.43. The molecule has 3 N–H and O–H groups in total. The van der Waals surface area contributed by atoms with Gasteiger partial charge in [-0.25, -0.2) is 0 Å². The minimum Gasteiger partial charge on any atom is -0.504 e. The second-order valence-electron chi connectivity index (χ2n) is 3.90. The van der Waals surface area contributed by atoms with E-state index in [0.29, 0.717) is 12.1 Å². The quantitative estimate of drug-likeness (QED) is 0.710. The number of aromatic hydroxyl groups is 2. The van der Waals surface area contributed by atoms with Crippen molar-refractivity contribution in [3.63, 3.8) is 0 Å². The number of hydrogen-bond acceptors (Lipinski definition) is 4. The Kier molecular flexibility index (Phi) is 3.35. The average molecular weight is 233 g/mol. The fraction of sp³-hybridized carbons (Fsp3) is 0.231. The normalized spacial score (nSPS) is 12.5. The van der Waals surface area contributed by atoms with Gasteiger partial charge in [0.05, 0.1) is 12.3 Å². The number of nitrogens with one attached hydrogen (secondary N) is 1. The summed E-state index contributed by atoms with van der Waals surface area (Å²) in [5.41, 5.74) is 0.656. The van der Waals surface area contributed by atoms with Crippen LogP contribution in [-0.2, 0) is 6.54 Å². The third-order valence-corrected chi connectivity index (χ3v) is 2.67. The van der Waals surface area contributed by atoms with Crippen molar-refractivity contribution in [1.29, 1.82) is 0 Å². The van der Waals surface area contributed by atoms with Crippen molar-refractivity contribution in [3.05, 3.63) is 47.9 Å². The number of benzene rings is 1. The monoisotopic (exact) mass is 233 g/mol. The van der Waals surface area contributed by atoms with E-state index in [-0.39, 0.29) is 17.5 Å². The van der Waals surface area contributed by atoms with Gasteiger partial charge in [0.1, 0.15) is 5.76 Å². The maximum absolute atomic E-state index is 9.63. The molecule has 2 rings (SSSR count). The maximum Gasteiger partial charge on any atom is 0.161 e. The molecule has 17 heavy (non-hydrogen) atoms. The third kappa shape index (κ3) is 2.60. The Bertz CT molecular complexity index is 479. The molecule has 1 aromatic heterocycles. The van der Waals surface area contributed by atoms with Crippen LogP contribution in [0.15, 0.2) is 41.0 Å². The van der Waals surface area contributed by atoms with Crippen LogP contribution in [0.5, 0.6) is 11.5 Å². The number of phenolic OH excluding ortho intramolecular Hbond substituents is 2. The number of phenols is 2. The van der Waals surface area contributed by atoms with Crippen molar-refractivity contribution in [1.82, 2.24) is 5.32 Å². The third-order valence-electron chi connectivity index (χ3n) is 2.67. The van der Waals surface area contributed by atoms with Gasteiger partial charge in [-0.15, -0.1) is 0 Å². The summed E-state index contributed by atoms with van der Waals surface area (Å²) in [4.78, 5) is 0. The minimum atomic E-state index is -0.102. The van der Waals surface area contributed by atoms with Crippen molar-refractivity contribution in [3.8, 4) is 11.5 Å². The van der Waals surface area contributed by atoms with Crippen LogP contribution >= 0.6 is 0 Å². The highest BCUT2D eigenvalue weighted by Crippen LogP contribution is 2.28. The molecule has 1 aromatic carbocycles. The number of para-hydroxylation sites is 1. The first-order valence-electron chi connectivity index (χ1n) is 5.45. The van der Waals surface area contributed by atoms with Crippen LogP contribution in [0.3, 0.4) is 0 Å². The summed E-state index contributed by atoms with van der Waals surface area (Å²) >= 11 is 0. The predicted octanol–water partition coefficient (Wildman–Crippen LogP) is 2.54. The molecular formula is C13H15NO3. The van der Waals surface area contributed by atoms with Crippen LogP contribution in [0, 0.1) is 0 Å². The van der Waals surface area contributed by atoms with Crippen molar-refractivity contribution in [2.24, 2.45) is 0 Å². The van der Waals surface area contributed by atoms with Gasteiger partial charge in [0.25, 0.3) is 0 Å². The van der Waals surface area contributed by atoms with Gasteiger partial charge in [-0.3, -0.25) is 0 Å². The Hall–Kier alpha value is -1.94. The van der Waals surface area contributed by atoms with Crippen LogP contribution in [0.2, 0.25) is 0 Å². The lowest BCUT2D eigenvalue weighted by molar-refractivity contribution is 0.392. The van der Waals surface area contributed by atoms with E-state index in [1.165, 1.54) is 6.07 Å². The molecule has 0 saturated heterocycles. The first-order chi connectivity index (χ1) is 8.18. The molecule has 1 heterocycles. The molecule has 0 aliphatic heterocycles. The van der Waals surface area contributed by atoms with Crippen LogP contribution in [0.4, 0.5) is 0 Å². The Morgan fingerprint density at radius 3 is 2.76 bits per heavy atom. The van der Waals surface area contributed by atoms with Gasteiger partial charge in [-0.2, -0.15) is 0 Å². The summed E-state index contributed by atoms with van der Waals surface area (Å²) in [6.07, 6.45) is 1.62. The fourth-order valence-corrected chi connectivity index (χ4v) is 1.62. The van der Waals surface area contributed by atoms with Gasteiger partial charge in [0, 0.05) is 12.1 Å². The molecule has 1 atom stereocenters. The smallest absolute Gasteiger partial charge is 0.161 e. The van der Waals surface area contributed by atoms with Crippen LogP contribution in [0.25, 0.3) is 0 Å². The Morgan fingerprint density at radius 1 is 1.24 bits per heavy atom. The molecule has 0 radical (unpaired) electrons. The molecule has 4 heteroatoms. The van der Waals surface area contributed by atoms with E-state index in [9.17, 15) is 10.2 Å². The highest BCUT2D eigenvalue weighted by molar-refractivity contribution is 5.44. The minimum absolute atomic E-state index is 0.0479. The molecule has 0 aliphatic rings. The van der Waals surface area contributed by atoms with Crippen molar-refractivity contribution >= 4 is 0 Å². The topological polar surface area (TPSA) is 65.6 Å². The molecule has 0 amide bonds. The van der Waals surface area contributed by atoms with Gasteiger partial charge in [0.15, 0.2) is 11.5 Å². The van der Waals surface area contributed by atoms with E-state index in [1.807, 2.05) is 19.1 Å². The highest BCUT2D eigenvalue weighted by atomic mass is 16.3. The van der Waals surface area contributed by atoms with E-state index < -0.39 is 0 Å². The molecule has 0 aliphatic carbocycles. The molecule has 0 bridgehead atoms. The second kappa shape index (κ2) is 4.93. The molecule has 2 aromatic rings. The van der Waals surface area contributed by atoms with Crippen molar-refractivity contribution in [2.75, 3.05) is 0 Å². The lowest BCUT2D eigenvalue weighted by atomic mass is 10.1. The van der Waals surface area contributed by atoms with E-state index in [1.54, 1.807) is 18.4 Å². The average Bonchev–Trinajstić information content (AvgIpc) is 2.84. The lowest BCUT2D eigenvalue weighted by Gasteiger charge is -2.12. The molecule has 0 spiro atoms. The zero-order chi connectivity index (χ0) is 12.3. The Morgan fingerprint density at radius 2 is 2.06 bits per heavy atom. The standard InChI is InChI=1S/C13H15NO3/c1-9(12-6-3-7-17-12)14-8-10-4-2-5-11(15)13(10)16/h2-7,9,14-16H,8H2,1H3. The van der Waals surface area contributed by atoms with Gasteiger partial charge in [-0.1, -0.05) is 12.1 Å². The van der Waals surface area contributed by atoms with Gasteiger partial charge < -0.3 is 19.9 Å². The molecule has 1 unspecified atom stereocenters. The Labute approximate surface area is 99.5 Å². The van der Waals surface area contributed by atoms with Crippen LogP contribution < -0.4 is 5.32 Å². The van der Waals surface area contributed by atoms with E-state index in [0.717, 1.165) is 5.76 Å². The van der Waals surface area contributed by atoms with Gasteiger partial charge in [0.2, 0.25) is 0 Å². The first kappa shape index (κ1) is 11.5. The van der Waals surface area contributed by atoms with Gasteiger partial charge >= 0.3 is 0 Å². The molecule has 4 nitrogen and oxygen atoms in total. The second-order valence-corrected chi connectivity index (χ2v) is 3.90. The van der Waals surface area contributed by atoms with Crippen molar-refractivity contribution < 1.29 is 14.6 Å². The lowest BCUT2D eigenvalue weighted by Crippen LogP contribution is -2.17. The van der Waals surface area contributed by atoms with E-state index in [2.05, 4.69) is 5.32 Å². The number of hydrogen-bond donors (Lipinski definition) is 3. The fourth-order valence-electron chi connectivity index (χ4n) is 1.62. The number of furan rings is 1. The summed E-state index contributed by atoms with van der Waals surface area (Å²) < 4.78 is 5.26. The van der Waals surface area contributed by atoms with Crippen LogP contribution in [0.1, 0.15) is 24.3 Å². The molecule has 0 saturated carbocycles. The van der Waals surface area contributed by atoms with Gasteiger partial charge in [-0.05, 0) is 25.1 Å².